The molecule has 0 atom stereocenters. The molecule has 0 bridgehead atoms. The van der Waals surface area contributed by atoms with Crippen LogP contribution >= 0.6 is 0 Å². The van der Waals surface area contributed by atoms with Crippen LogP contribution in [0.2, 0.25) is 0 Å². The van der Waals surface area contributed by atoms with E-state index in [9.17, 15) is 0 Å². The molecule has 0 aromatic carbocycles. The predicted octanol–water partition coefficient (Wildman–Crippen LogP) is -0.953. The van der Waals surface area contributed by atoms with Gasteiger partial charge in [-0.05, 0) is 0 Å². The van der Waals surface area contributed by atoms with Gasteiger partial charge in [0.1, 0.15) is 0 Å². The third kappa shape index (κ3) is 30.6. The van der Waals surface area contributed by atoms with E-state index in [0.29, 0.717) is 0 Å². The Bertz CT molecular complexity index is 65.7. The van der Waals surface area contributed by atoms with E-state index < -0.39 is 15.4 Å². The van der Waals surface area contributed by atoms with Gasteiger partial charge in [0.2, 0.25) is 0 Å². The molecule has 0 aliphatic heterocycles. The van der Waals surface area contributed by atoms with Crippen LogP contribution in [-0.2, 0) is 22.7 Å². The molecule has 0 aliphatic carbocycles. The summed E-state index contributed by atoms with van der Waals surface area (Å²) >= 11 is -3.69. The van der Waals surface area contributed by atoms with Crippen LogP contribution in [0.5, 0.6) is 0 Å². The van der Waals surface area contributed by atoms with E-state index in [-0.39, 0.29) is 76.2 Å². The summed E-state index contributed by atoms with van der Waals surface area (Å²) in [6.07, 6.45) is 0. The van der Waals surface area contributed by atoms with Crippen molar-refractivity contribution in [3.8, 4) is 0 Å². The molecule has 0 aromatic heterocycles. The maximum atomic E-state index is 8.67. The van der Waals surface area contributed by atoms with E-state index in [1.807, 2.05) is 0 Å². The Morgan fingerprint density at radius 2 is 1.50 bits per heavy atom. The molecule has 1 radical (unpaired) electrons. The molecular formula is H3CaLaO3V. The topological polar surface area (TPSA) is 54.4 Å². The van der Waals surface area contributed by atoms with Gasteiger partial charge >= 0.3 is 64.5 Å². The average molecular weight is 281 g/mol. The van der Waals surface area contributed by atoms with Crippen molar-refractivity contribution < 1.29 is 65.2 Å². The molecule has 0 unspecified atom stereocenters. The van der Waals surface area contributed by atoms with Crippen molar-refractivity contribution in [2.75, 3.05) is 0 Å². The molecule has 0 aromatic rings. The van der Waals surface area contributed by atoms with Gasteiger partial charge in [-0.2, -0.15) is 0 Å². The molecule has 3 nitrogen and oxygen atoms in total. The zero-order valence-electron chi connectivity index (χ0n) is 5.00. The number of hydrogen-bond acceptors (Lipinski definition) is 2. The summed E-state index contributed by atoms with van der Waals surface area (Å²) in [6, 6.07) is 0. The molecule has 0 amide bonds. The van der Waals surface area contributed by atoms with Gasteiger partial charge in [-0.1, -0.05) is 0 Å². The molecule has 31 valence electrons. The van der Waals surface area contributed by atoms with Gasteiger partial charge in [-0.15, -0.1) is 0 Å². The van der Waals surface area contributed by atoms with Crippen LogP contribution in [0, 0.1) is 35.6 Å². The summed E-state index contributed by atoms with van der Waals surface area (Å²) in [5.74, 6) is 0. The molecule has 0 heterocycles. The molecule has 0 fully saturated rings. The molecule has 6 heavy (non-hydrogen) atoms. The van der Waals surface area contributed by atoms with Crippen molar-refractivity contribution in [1.82, 2.24) is 0 Å². The average Bonchev–Trinajstić information content (AvgIpc) is 0.811. The van der Waals surface area contributed by atoms with Gasteiger partial charge in [-0.3, -0.25) is 0 Å². The van der Waals surface area contributed by atoms with E-state index in [1.165, 1.54) is 0 Å². The molecule has 6 heteroatoms. The Balaban J connectivity index is -0.00000000750. The molecule has 1 N–H and O–H groups in total. The normalized spacial score (nSPS) is 4.17. The quantitative estimate of drug-likeness (QED) is 0.582. The van der Waals surface area contributed by atoms with Crippen molar-refractivity contribution in [2.24, 2.45) is 0 Å². The molecule has 0 saturated heterocycles. The van der Waals surface area contributed by atoms with Crippen LogP contribution < -0.4 is 0 Å². The van der Waals surface area contributed by atoms with Gasteiger partial charge in [0.25, 0.3) is 0 Å². The fourth-order valence-electron chi connectivity index (χ4n) is 0. The zero-order chi connectivity index (χ0) is 3.58. The van der Waals surface area contributed by atoms with E-state index in [1.54, 1.807) is 0 Å². The molecule has 0 aliphatic rings. The van der Waals surface area contributed by atoms with Crippen molar-refractivity contribution in [1.29, 1.82) is 0 Å². The minimum absolute atomic E-state index is 0. The van der Waals surface area contributed by atoms with E-state index in [0.717, 1.165) is 0 Å². The van der Waals surface area contributed by atoms with Gasteiger partial charge in [0, 0.05) is 35.6 Å². The Hall–Kier alpha value is 2.60. The predicted molar refractivity (Wildman–Crippen MR) is 11.6 cm³/mol. The minimum atomic E-state index is -3.69. The maximum absolute atomic E-state index is 8.67. The first kappa shape index (κ1) is 15.8. The zero-order valence-corrected chi connectivity index (χ0v) is 10.2. The Kier molecular flexibility index (Phi) is 27.9. The monoisotopic (exact) mass is 281 g/mol. The molecule has 0 spiro atoms. The van der Waals surface area contributed by atoms with Crippen molar-refractivity contribution in [3.63, 3.8) is 0 Å². The molecule has 0 saturated carbocycles. The standard InChI is InChI=1S/Ca.La.H2O.2O.V.2H/h;;1H2;;;;;/q+2;;;;;+1;2*-1/p-1. The number of hydrogen-bond donors (Lipinski definition) is 1. The summed E-state index contributed by atoms with van der Waals surface area (Å²) in [5, 5.41) is 0. The summed E-state index contributed by atoms with van der Waals surface area (Å²) in [4.78, 5) is 0. The number of rotatable bonds is 0. The molecule has 0 rings (SSSR count). The molecular weight excluding hydrogens is 278 g/mol. The second kappa shape index (κ2) is 10.6. The summed E-state index contributed by atoms with van der Waals surface area (Å²) in [5.41, 5.74) is 0. The first-order chi connectivity index (χ1) is 1.73. The summed E-state index contributed by atoms with van der Waals surface area (Å²) in [7, 11) is 0. The fraction of sp³-hybridized carbons (Fsp3) is 0. The van der Waals surface area contributed by atoms with Crippen molar-refractivity contribution in [3.05, 3.63) is 0 Å². The fourth-order valence-corrected chi connectivity index (χ4v) is 0. The second-order valence-corrected chi connectivity index (χ2v) is 0.981. The van der Waals surface area contributed by atoms with Crippen LogP contribution in [0.25, 0.3) is 0 Å². The van der Waals surface area contributed by atoms with Gasteiger partial charge in [0.15, 0.2) is 0 Å². The van der Waals surface area contributed by atoms with E-state index >= 15 is 0 Å². The van der Waals surface area contributed by atoms with Gasteiger partial charge < -0.3 is 2.85 Å². The van der Waals surface area contributed by atoms with Crippen LogP contribution in [0.3, 0.4) is 0 Å². The van der Waals surface area contributed by atoms with Crippen molar-refractivity contribution >= 4 is 37.7 Å². The first-order valence-electron chi connectivity index (χ1n) is 0.565. The van der Waals surface area contributed by atoms with Crippen LogP contribution in [0.4, 0.5) is 0 Å². The van der Waals surface area contributed by atoms with Crippen molar-refractivity contribution in [2.45, 2.75) is 0 Å². The summed E-state index contributed by atoms with van der Waals surface area (Å²) in [6.45, 7) is 0. The third-order valence-corrected chi connectivity index (χ3v) is 0. The third-order valence-electron chi connectivity index (χ3n) is 0. The van der Waals surface area contributed by atoms with Gasteiger partial charge in [-0.25, -0.2) is 0 Å². The van der Waals surface area contributed by atoms with Crippen LogP contribution in [0.15, 0.2) is 0 Å². The van der Waals surface area contributed by atoms with E-state index in [4.69, 9.17) is 11.4 Å². The van der Waals surface area contributed by atoms with Crippen LogP contribution in [0.1, 0.15) is 2.85 Å². The second-order valence-electron chi connectivity index (χ2n) is 0.238. The van der Waals surface area contributed by atoms with Gasteiger partial charge in [0.05, 0.1) is 0 Å². The first-order valence-corrected chi connectivity index (χ1v) is 2.33. The summed E-state index contributed by atoms with van der Waals surface area (Å²) < 4.78 is 24.4. The van der Waals surface area contributed by atoms with E-state index in [2.05, 4.69) is 0 Å². The van der Waals surface area contributed by atoms with Crippen LogP contribution in [-0.4, -0.2) is 41.8 Å². The SMILES string of the molecule is [Ca+2].[H-].[H-].[La].[O]=[V](=[O])[OH]. The Labute approximate surface area is 101 Å². The Morgan fingerprint density at radius 1 is 1.50 bits per heavy atom. The Morgan fingerprint density at radius 3 is 1.50 bits per heavy atom.